The first-order valence-corrected chi connectivity index (χ1v) is 14.4. The molecule has 0 atom stereocenters. The highest BCUT2D eigenvalue weighted by Crippen LogP contribution is 2.42. The van der Waals surface area contributed by atoms with Crippen LogP contribution in [0.1, 0.15) is 5.48 Å². The van der Waals surface area contributed by atoms with Crippen LogP contribution in [0.5, 0.6) is 0 Å². The Morgan fingerprint density at radius 2 is 1.21 bits per heavy atom. The monoisotopic (exact) mass is 552 g/mol. The molecule has 0 aliphatic heterocycles. The van der Waals surface area contributed by atoms with Crippen molar-refractivity contribution in [1.82, 2.24) is 9.13 Å². The summed E-state index contributed by atoms with van der Waals surface area (Å²) in [6.45, 7) is 0. The highest BCUT2D eigenvalue weighted by molar-refractivity contribution is 6.25. The molecule has 3 heteroatoms. The predicted octanol–water partition coefficient (Wildman–Crippen LogP) is 10.9. The van der Waals surface area contributed by atoms with Crippen LogP contribution in [0.4, 0.5) is 0 Å². The Kier molecular flexibility index (Phi) is 3.77. The first-order chi connectivity index (χ1) is 23.0. The van der Waals surface area contributed by atoms with E-state index in [2.05, 4.69) is 106 Å². The van der Waals surface area contributed by atoms with E-state index in [0.717, 1.165) is 49.6 Å². The smallest absolute Gasteiger partial charge is 0.135 e. The summed E-state index contributed by atoms with van der Waals surface area (Å²) in [7, 11) is 0. The van der Waals surface area contributed by atoms with Gasteiger partial charge >= 0.3 is 0 Å². The van der Waals surface area contributed by atoms with Gasteiger partial charge < -0.3 is 13.6 Å². The molecular weight excluding hydrogens is 524 g/mol. The van der Waals surface area contributed by atoms with E-state index in [4.69, 9.17) is 9.90 Å². The fraction of sp³-hybridized carbons (Fsp3) is 0. The number of benzene rings is 7. The van der Waals surface area contributed by atoms with E-state index in [1.54, 1.807) is 0 Å². The molecule has 0 N–H and O–H groups in total. The Balaban J connectivity index is 1.39. The molecule has 43 heavy (non-hydrogen) atoms. The van der Waals surface area contributed by atoms with Crippen LogP contribution in [-0.2, 0) is 0 Å². The van der Waals surface area contributed by atoms with Crippen molar-refractivity contribution in [1.29, 1.82) is 0 Å². The molecule has 0 fully saturated rings. The number of fused-ring (bicyclic) bond motifs is 11. The standard InChI is InChI=1S/C40H24N2O/c1-2-11-26(12-3-1)41-34-16-8-6-14-29(34)31-23-33-37(24-36(31)41)42(35-20-18-25-10-4-5-13-28(25)40(33)35)27-19-21-39-32(22-27)30-15-7-9-17-38(30)43-39/h1-24H/i7D,9D,15D,17D. The lowest BCUT2D eigenvalue weighted by Gasteiger charge is -2.10. The van der Waals surface area contributed by atoms with Gasteiger partial charge in [0, 0.05) is 43.7 Å². The average molecular weight is 553 g/mol. The molecule has 10 rings (SSSR count). The van der Waals surface area contributed by atoms with Gasteiger partial charge in [0.05, 0.1) is 27.5 Å². The van der Waals surface area contributed by atoms with E-state index in [-0.39, 0.29) is 29.8 Å². The molecule has 0 spiro atoms. The number of nitrogens with zero attached hydrogens (tertiary/aromatic N) is 2. The maximum Gasteiger partial charge on any atom is 0.135 e. The van der Waals surface area contributed by atoms with E-state index in [0.29, 0.717) is 16.4 Å². The van der Waals surface area contributed by atoms with Crippen LogP contribution in [0.15, 0.2) is 150 Å². The zero-order chi connectivity index (χ0) is 31.6. The van der Waals surface area contributed by atoms with Crippen LogP contribution >= 0.6 is 0 Å². The molecule has 3 nitrogen and oxygen atoms in total. The summed E-state index contributed by atoms with van der Waals surface area (Å²) in [5.41, 5.74) is 6.99. The third-order valence-electron chi connectivity index (χ3n) is 8.82. The molecule has 0 amide bonds. The zero-order valence-electron chi connectivity index (χ0n) is 26.8. The summed E-state index contributed by atoms with van der Waals surface area (Å²) >= 11 is 0. The van der Waals surface area contributed by atoms with Crippen LogP contribution < -0.4 is 0 Å². The molecule has 0 bridgehead atoms. The van der Waals surface area contributed by atoms with Crippen LogP contribution in [0.3, 0.4) is 0 Å². The molecule has 200 valence electrons. The van der Waals surface area contributed by atoms with Gasteiger partial charge in [-0.2, -0.15) is 0 Å². The molecule has 0 saturated heterocycles. The summed E-state index contributed by atoms with van der Waals surface area (Å²) in [5, 5.41) is 8.05. The van der Waals surface area contributed by atoms with Gasteiger partial charge in [0.2, 0.25) is 0 Å². The molecule has 0 aliphatic carbocycles. The molecule has 10 aromatic rings. The number of aromatic nitrogens is 2. The minimum absolute atomic E-state index is 0.0980. The number of hydrogen-bond acceptors (Lipinski definition) is 1. The second kappa shape index (κ2) is 8.37. The average Bonchev–Trinajstić information content (AvgIpc) is 3.76. The van der Waals surface area contributed by atoms with Gasteiger partial charge in [0.1, 0.15) is 11.2 Å². The first-order valence-electron chi connectivity index (χ1n) is 16.4. The quantitative estimate of drug-likeness (QED) is 0.209. The van der Waals surface area contributed by atoms with E-state index in [1.807, 2.05) is 24.3 Å². The Hall–Kier alpha value is -5.80. The van der Waals surface area contributed by atoms with Gasteiger partial charge in [-0.3, -0.25) is 0 Å². The van der Waals surface area contributed by atoms with Crippen molar-refractivity contribution in [3.05, 3.63) is 145 Å². The molecule has 0 aliphatic rings. The Morgan fingerprint density at radius 1 is 0.442 bits per heavy atom. The van der Waals surface area contributed by atoms with Gasteiger partial charge in [-0.05, 0) is 71.4 Å². The Morgan fingerprint density at radius 3 is 2.14 bits per heavy atom. The maximum absolute atomic E-state index is 8.71. The second-order valence-corrected chi connectivity index (χ2v) is 11.1. The minimum Gasteiger partial charge on any atom is -0.456 e. The highest BCUT2D eigenvalue weighted by Gasteiger charge is 2.20. The second-order valence-electron chi connectivity index (χ2n) is 11.1. The van der Waals surface area contributed by atoms with Gasteiger partial charge in [0.25, 0.3) is 0 Å². The zero-order valence-corrected chi connectivity index (χ0v) is 22.8. The van der Waals surface area contributed by atoms with Crippen LogP contribution in [0.2, 0.25) is 0 Å². The summed E-state index contributed by atoms with van der Waals surface area (Å²) in [6, 6.07) is 41.5. The van der Waals surface area contributed by atoms with Crippen molar-refractivity contribution in [3.63, 3.8) is 0 Å². The van der Waals surface area contributed by atoms with E-state index in [9.17, 15) is 0 Å². The number of rotatable bonds is 2. The van der Waals surface area contributed by atoms with Crippen LogP contribution in [0, 0.1) is 0 Å². The third kappa shape index (κ3) is 3.08. The largest absolute Gasteiger partial charge is 0.456 e. The Bertz CT molecular complexity index is 2950. The lowest BCUT2D eigenvalue weighted by molar-refractivity contribution is 0.669. The van der Waals surface area contributed by atoms with Crippen molar-refractivity contribution in [2.24, 2.45) is 0 Å². The lowest BCUT2D eigenvalue weighted by atomic mass is 10.0. The normalized spacial score (nSPS) is 13.5. The number of furan rings is 1. The lowest BCUT2D eigenvalue weighted by Crippen LogP contribution is -1.95. The highest BCUT2D eigenvalue weighted by atomic mass is 16.3. The molecule has 7 aromatic carbocycles. The van der Waals surface area contributed by atoms with Crippen molar-refractivity contribution < 1.29 is 9.90 Å². The van der Waals surface area contributed by atoms with Gasteiger partial charge in [-0.25, -0.2) is 0 Å². The fourth-order valence-electron chi connectivity index (χ4n) is 7.00. The molecule has 0 unspecified atom stereocenters. The van der Waals surface area contributed by atoms with Crippen LogP contribution in [-0.4, -0.2) is 9.13 Å². The third-order valence-corrected chi connectivity index (χ3v) is 8.82. The van der Waals surface area contributed by atoms with Crippen molar-refractivity contribution >= 4 is 76.3 Å². The SMILES string of the molecule is [2H]c1c([2H])c([2H])c2c(oc3ccc(-n4c5cc6c(cc5c5c7ccccc7ccc54)c4ccccc4n6-c4ccccc4)cc32)c1[2H]. The molecule has 0 radical (unpaired) electrons. The first kappa shape index (κ1) is 19.3. The molecule has 3 aromatic heterocycles. The summed E-state index contributed by atoms with van der Waals surface area (Å²) in [4.78, 5) is 0. The van der Waals surface area contributed by atoms with Crippen molar-refractivity contribution in [3.8, 4) is 11.4 Å². The number of hydrogen-bond donors (Lipinski definition) is 0. The van der Waals surface area contributed by atoms with Gasteiger partial charge in [-0.15, -0.1) is 0 Å². The van der Waals surface area contributed by atoms with Crippen LogP contribution in [0.25, 0.3) is 87.7 Å². The molecule has 3 heterocycles. The van der Waals surface area contributed by atoms with E-state index >= 15 is 0 Å². The summed E-state index contributed by atoms with van der Waals surface area (Å²) in [5.74, 6) is 0. The minimum atomic E-state index is -0.297. The fourth-order valence-corrected chi connectivity index (χ4v) is 7.00. The van der Waals surface area contributed by atoms with Gasteiger partial charge in [0.15, 0.2) is 0 Å². The van der Waals surface area contributed by atoms with E-state index in [1.165, 1.54) is 16.2 Å². The molecular formula is C40H24N2O. The summed E-state index contributed by atoms with van der Waals surface area (Å²) < 4.78 is 44.3. The molecule has 0 saturated carbocycles. The summed E-state index contributed by atoms with van der Waals surface area (Å²) in [6.07, 6.45) is 0. The van der Waals surface area contributed by atoms with Crippen molar-refractivity contribution in [2.75, 3.05) is 0 Å². The maximum atomic E-state index is 8.71. The van der Waals surface area contributed by atoms with Gasteiger partial charge in [-0.1, -0.05) is 84.9 Å². The van der Waals surface area contributed by atoms with Crippen molar-refractivity contribution in [2.45, 2.75) is 0 Å². The Labute approximate surface area is 252 Å². The van der Waals surface area contributed by atoms with E-state index < -0.39 is 0 Å². The topological polar surface area (TPSA) is 23.0 Å². The predicted molar refractivity (Wildman–Crippen MR) is 180 cm³/mol. The number of para-hydroxylation sites is 3.